The van der Waals surface area contributed by atoms with Crippen LogP contribution in [0.3, 0.4) is 0 Å². The molecule has 0 saturated carbocycles. The van der Waals surface area contributed by atoms with E-state index in [0.717, 1.165) is 42.0 Å². The molecule has 4 rings (SSSR count). The first-order chi connectivity index (χ1) is 13.2. The molecule has 2 heterocycles. The van der Waals surface area contributed by atoms with Crippen molar-refractivity contribution in [3.63, 3.8) is 0 Å². The number of likely N-dealkylation sites (N-methyl/N-ethyl adjacent to an activating group) is 1. The summed E-state index contributed by atoms with van der Waals surface area (Å²) in [5, 5.41) is 13.9. The van der Waals surface area contributed by atoms with Crippen molar-refractivity contribution in [2.75, 3.05) is 31.6 Å². The van der Waals surface area contributed by atoms with Crippen molar-refractivity contribution < 1.29 is 9.84 Å². The molecule has 0 radical (unpaired) electrons. The van der Waals surface area contributed by atoms with Crippen LogP contribution in [0.15, 0.2) is 54.6 Å². The van der Waals surface area contributed by atoms with Gasteiger partial charge in [-0.15, -0.1) is 0 Å². The first-order valence-electron chi connectivity index (χ1n) is 9.41. The number of nitrogens with one attached hydrogen (secondary N) is 1. The maximum Gasteiger partial charge on any atom is 0.133 e. The van der Waals surface area contributed by atoms with Crippen molar-refractivity contribution in [3.8, 4) is 5.75 Å². The Bertz CT molecular complexity index is 928. The molecule has 0 unspecified atom stereocenters. The summed E-state index contributed by atoms with van der Waals surface area (Å²) in [7, 11) is 1.82. The number of rotatable bonds is 6. The summed E-state index contributed by atoms with van der Waals surface area (Å²) in [6.45, 7) is 2.53. The van der Waals surface area contributed by atoms with Gasteiger partial charge in [-0.05, 0) is 36.7 Å². The highest BCUT2D eigenvalue weighted by atomic mass is 16.5. The lowest BCUT2D eigenvalue weighted by atomic mass is 10.00. The van der Waals surface area contributed by atoms with Gasteiger partial charge < -0.3 is 20.1 Å². The molecular weight excluding hydrogens is 338 g/mol. The number of anilines is 1. The van der Waals surface area contributed by atoms with E-state index < -0.39 is 6.10 Å². The van der Waals surface area contributed by atoms with Gasteiger partial charge in [0.15, 0.2) is 0 Å². The van der Waals surface area contributed by atoms with E-state index >= 15 is 0 Å². The van der Waals surface area contributed by atoms with E-state index in [-0.39, 0.29) is 6.61 Å². The number of para-hydroxylation sites is 1. The van der Waals surface area contributed by atoms with Crippen LogP contribution in [0.1, 0.15) is 11.1 Å². The number of fused-ring (bicyclic) bond motifs is 2. The summed E-state index contributed by atoms with van der Waals surface area (Å²) >= 11 is 0. The zero-order chi connectivity index (χ0) is 18.6. The highest BCUT2D eigenvalue weighted by Gasteiger charge is 2.19. The van der Waals surface area contributed by atoms with Gasteiger partial charge in [0.05, 0.1) is 5.52 Å². The highest BCUT2D eigenvalue weighted by Crippen LogP contribution is 2.31. The van der Waals surface area contributed by atoms with Gasteiger partial charge in [-0.25, -0.2) is 4.98 Å². The molecule has 0 amide bonds. The van der Waals surface area contributed by atoms with Gasteiger partial charge in [0.25, 0.3) is 0 Å². The topological polar surface area (TPSA) is 57.6 Å². The standard InChI is InChI=1S/C22H25N3O2/c1-23-13-18(26)15-27-21-12-22(24-20-9-5-4-8-19(20)21)25-11-10-16-6-2-3-7-17(16)14-25/h2-9,12,18,23,26H,10-11,13-15H2,1H3/t18-/m0/s1. The zero-order valence-corrected chi connectivity index (χ0v) is 15.6. The van der Waals surface area contributed by atoms with Gasteiger partial charge >= 0.3 is 0 Å². The Hall–Kier alpha value is -2.63. The second kappa shape index (κ2) is 7.94. The summed E-state index contributed by atoms with van der Waals surface area (Å²) in [6, 6.07) is 18.6. The van der Waals surface area contributed by atoms with Gasteiger partial charge in [0.2, 0.25) is 0 Å². The number of aliphatic hydroxyl groups is 1. The number of pyridine rings is 1. The molecule has 0 aliphatic carbocycles. The SMILES string of the molecule is CNC[C@H](O)COc1cc(N2CCc3ccccc3C2)nc2ccccc12. The summed E-state index contributed by atoms with van der Waals surface area (Å²) < 4.78 is 5.98. The molecule has 0 saturated heterocycles. The first-order valence-corrected chi connectivity index (χ1v) is 9.41. The molecule has 0 spiro atoms. The monoisotopic (exact) mass is 363 g/mol. The Morgan fingerprint density at radius 1 is 1.15 bits per heavy atom. The van der Waals surface area contributed by atoms with Crippen LogP contribution in [0.25, 0.3) is 10.9 Å². The highest BCUT2D eigenvalue weighted by molar-refractivity contribution is 5.87. The fraction of sp³-hybridized carbons (Fsp3) is 0.318. The molecule has 2 N–H and O–H groups in total. The lowest BCUT2D eigenvalue weighted by Crippen LogP contribution is -2.31. The minimum absolute atomic E-state index is 0.247. The molecule has 1 aliphatic rings. The molecule has 2 aromatic carbocycles. The number of benzene rings is 2. The van der Waals surface area contributed by atoms with Crippen molar-refractivity contribution in [1.82, 2.24) is 10.3 Å². The summed E-state index contributed by atoms with van der Waals surface area (Å²) in [5.74, 6) is 1.69. The van der Waals surface area contributed by atoms with E-state index in [9.17, 15) is 5.11 Å². The van der Waals surface area contributed by atoms with Crippen LogP contribution in [-0.4, -0.2) is 42.9 Å². The minimum Gasteiger partial charge on any atom is -0.490 e. The number of hydrogen-bond donors (Lipinski definition) is 2. The molecule has 0 fully saturated rings. The summed E-state index contributed by atoms with van der Waals surface area (Å²) in [5.41, 5.74) is 3.68. The number of hydrogen-bond acceptors (Lipinski definition) is 5. The van der Waals surface area contributed by atoms with E-state index in [1.165, 1.54) is 11.1 Å². The lowest BCUT2D eigenvalue weighted by molar-refractivity contribution is 0.109. The molecule has 5 nitrogen and oxygen atoms in total. The van der Waals surface area contributed by atoms with Crippen LogP contribution in [0.5, 0.6) is 5.75 Å². The van der Waals surface area contributed by atoms with Crippen molar-refractivity contribution in [2.24, 2.45) is 0 Å². The van der Waals surface area contributed by atoms with E-state index in [4.69, 9.17) is 9.72 Å². The Morgan fingerprint density at radius 2 is 1.93 bits per heavy atom. The Balaban J connectivity index is 1.63. The number of nitrogens with zero attached hydrogens (tertiary/aromatic N) is 2. The Labute approximate surface area is 159 Å². The summed E-state index contributed by atoms with van der Waals surface area (Å²) in [4.78, 5) is 7.16. The third-order valence-corrected chi connectivity index (χ3v) is 4.99. The maximum absolute atomic E-state index is 10.00. The predicted molar refractivity (Wildman–Crippen MR) is 108 cm³/mol. The van der Waals surface area contributed by atoms with Gasteiger partial charge in [-0.1, -0.05) is 36.4 Å². The maximum atomic E-state index is 10.00. The second-order valence-corrected chi connectivity index (χ2v) is 6.96. The van der Waals surface area contributed by atoms with E-state index in [1.54, 1.807) is 0 Å². The van der Waals surface area contributed by atoms with E-state index in [0.29, 0.717) is 6.54 Å². The normalized spacial score (nSPS) is 14.8. The third kappa shape index (κ3) is 3.89. The van der Waals surface area contributed by atoms with Crippen LogP contribution in [0.4, 0.5) is 5.82 Å². The van der Waals surface area contributed by atoms with Crippen LogP contribution >= 0.6 is 0 Å². The van der Waals surface area contributed by atoms with E-state index in [2.05, 4.69) is 34.5 Å². The quantitative estimate of drug-likeness (QED) is 0.705. The van der Waals surface area contributed by atoms with Crippen LogP contribution in [-0.2, 0) is 13.0 Å². The first kappa shape index (κ1) is 17.8. The minimum atomic E-state index is -0.549. The number of aromatic nitrogens is 1. The van der Waals surface area contributed by atoms with Crippen LogP contribution in [0.2, 0.25) is 0 Å². The molecular formula is C22H25N3O2. The zero-order valence-electron chi connectivity index (χ0n) is 15.6. The molecule has 1 atom stereocenters. The number of aliphatic hydroxyl groups excluding tert-OH is 1. The van der Waals surface area contributed by atoms with Crippen molar-refractivity contribution in [3.05, 3.63) is 65.7 Å². The lowest BCUT2D eigenvalue weighted by Gasteiger charge is -2.30. The number of ether oxygens (including phenoxy) is 1. The van der Waals surface area contributed by atoms with Gasteiger partial charge in [-0.3, -0.25) is 0 Å². The van der Waals surface area contributed by atoms with Gasteiger partial charge in [0, 0.05) is 31.1 Å². The van der Waals surface area contributed by atoms with Crippen LogP contribution < -0.4 is 15.0 Å². The molecule has 27 heavy (non-hydrogen) atoms. The Morgan fingerprint density at radius 3 is 2.78 bits per heavy atom. The third-order valence-electron chi connectivity index (χ3n) is 4.99. The molecule has 1 aromatic heterocycles. The average Bonchev–Trinajstić information content (AvgIpc) is 2.71. The summed E-state index contributed by atoms with van der Waals surface area (Å²) in [6.07, 6.45) is 0.467. The largest absolute Gasteiger partial charge is 0.490 e. The van der Waals surface area contributed by atoms with E-state index in [1.807, 2.05) is 37.4 Å². The molecule has 0 bridgehead atoms. The average molecular weight is 363 g/mol. The second-order valence-electron chi connectivity index (χ2n) is 6.96. The molecule has 140 valence electrons. The smallest absolute Gasteiger partial charge is 0.133 e. The van der Waals surface area contributed by atoms with Crippen molar-refractivity contribution in [2.45, 2.75) is 19.1 Å². The fourth-order valence-corrected chi connectivity index (χ4v) is 3.58. The molecule has 3 aromatic rings. The van der Waals surface area contributed by atoms with Crippen molar-refractivity contribution >= 4 is 16.7 Å². The van der Waals surface area contributed by atoms with Gasteiger partial charge in [0.1, 0.15) is 24.3 Å². The fourth-order valence-electron chi connectivity index (χ4n) is 3.58. The molecule has 5 heteroatoms. The van der Waals surface area contributed by atoms with Crippen molar-refractivity contribution in [1.29, 1.82) is 0 Å². The Kier molecular flexibility index (Phi) is 5.23. The van der Waals surface area contributed by atoms with Crippen LogP contribution in [0, 0.1) is 0 Å². The molecule has 1 aliphatic heterocycles. The van der Waals surface area contributed by atoms with Gasteiger partial charge in [-0.2, -0.15) is 0 Å². The predicted octanol–water partition coefficient (Wildman–Crippen LogP) is 2.76.